The molecule has 2 heterocycles. The molecular weight excluding hydrogens is 361 g/mol. The van der Waals surface area contributed by atoms with E-state index in [1.807, 2.05) is 11.3 Å². The predicted molar refractivity (Wildman–Crippen MR) is 81.3 cm³/mol. The van der Waals surface area contributed by atoms with Crippen LogP contribution < -0.4 is 5.32 Å². The third-order valence-corrected chi connectivity index (χ3v) is 5.53. The molecule has 0 spiro atoms. The van der Waals surface area contributed by atoms with Crippen LogP contribution in [0, 0.1) is 2.88 Å². The van der Waals surface area contributed by atoms with Crippen molar-refractivity contribution < 1.29 is 9.47 Å². The Bertz CT molecular complexity index is 404. The lowest BCUT2D eigenvalue weighted by molar-refractivity contribution is -0.0872. The van der Waals surface area contributed by atoms with E-state index in [0.29, 0.717) is 6.04 Å². The molecule has 1 saturated heterocycles. The predicted octanol–water partition coefficient (Wildman–Crippen LogP) is 2.74. The molecule has 5 heteroatoms. The van der Waals surface area contributed by atoms with Crippen molar-refractivity contribution in [1.29, 1.82) is 0 Å². The van der Waals surface area contributed by atoms with Crippen LogP contribution in [0.1, 0.15) is 29.3 Å². The summed E-state index contributed by atoms with van der Waals surface area (Å²) in [6.45, 7) is 3.11. The lowest BCUT2D eigenvalue weighted by Gasteiger charge is -2.28. The van der Waals surface area contributed by atoms with Gasteiger partial charge in [0, 0.05) is 17.5 Å². The first kappa shape index (κ1) is 13.3. The van der Waals surface area contributed by atoms with Crippen LogP contribution in [0.3, 0.4) is 0 Å². The van der Waals surface area contributed by atoms with Gasteiger partial charge in [0.2, 0.25) is 0 Å². The largest absolute Gasteiger partial charge is 0.376 e. The average Bonchev–Trinajstić information content (AvgIpc) is 2.78. The van der Waals surface area contributed by atoms with E-state index < -0.39 is 0 Å². The highest BCUT2D eigenvalue weighted by molar-refractivity contribution is 14.1. The molecule has 1 fully saturated rings. The van der Waals surface area contributed by atoms with Gasteiger partial charge < -0.3 is 14.8 Å². The highest BCUT2D eigenvalue weighted by Crippen LogP contribution is 2.36. The van der Waals surface area contributed by atoms with E-state index in [0.717, 1.165) is 26.4 Å². The number of nitrogens with one attached hydrogen (secondary N) is 1. The minimum absolute atomic E-state index is 0.224. The SMILES string of the molecule is Ic1cc2c(s1)CCCC2NCC1COCCO1. The smallest absolute Gasteiger partial charge is 0.0933 e. The molecule has 1 aliphatic heterocycles. The van der Waals surface area contributed by atoms with Crippen LogP contribution in [0.2, 0.25) is 0 Å². The number of rotatable bonds is 3. The molecule has 0 amide bonds. The third kappa shape index (κ3) is 3.07. The maximum absolute atomic E-state index is 5.68. The molecule has 1 aliphatic carbocycles. The van der Waals surface area contributed by atoms with Crippen molar-refractivity contribution in [2.24, 2.45) is 0 Å². The summed E-state index contributed by atoms with van der Waals surface area (Å²) in [6, 6.07) is 2.86. The first-order chi connectivity index (χ1) is 8.83. The van der Waals surface area contributed by atoms with Crippen molar-refractivity contribution in [3.63, 3.8) is 0 Å². The van der Waals surface area contributed by atoms with E-state index >= 15 is 0 Å². The number of hydrogen-bond donors (Lipinski definition) is 1. The molecule has 1 aromatic rings. The summed E-state index contributed by atoms with van der Waals surface area (Å²) < 4.78 is 12.5. The van der Waals surface area contributed by atoms with E-state index in [2.05, 4.69) is 34.0 Å². The molecule has 18 heavy (non-hydrogen) atoms. The van der Waals surface area contributed by atoms with Crippen LogP contribution in [0.5, 0.6) is 0 Å². The summed E-state index contributed by atoms with van der Waals surface area (Å²) >= 11 is 4.37. The van der Waals surface area contributed by atoms with Gasteiger partial charge in [-0.1, -0.05) is 0 Å². The second-order valence-corrected chi connectivity index (χ2v) is 7.88. The first-order valence-corrected chi connectivity index (χ1v) is 8.43. The van der Waals surface area contributed by atoms with Crippen LogP contribution in [0.4, 0.5) is 0 Å². The number of halogens is 1. The topological polar surface area (TPSA) is 30.5 Å². The molecule has 2 aliphatic rings. The van der Waals surface area contributed by atoms with Gasteiger partial charge in [-0.3, -0.25) is 0 Å². The van der Waals surface area contributed by atoms with Crippen LogP contribution in [-0.4, -0.2) is 32.5 Å². The Balaban J connectivity index is 1.59. The Labute approximate surface area is 125 Å². The quantitative estimate of drug-likeness (QED) is 0.820. The zero-order valence-electron chi connectivity index (χ0n) is 10.3. The number of aryl methyl sites for hydroxylation is 1. The molecule has 3 nitrogen and oxygen atoms in total. The Morgan fingerprint density at radius 1 is 1.44 bits per heavy atom. The number of thiophene rings is 1. The molecule has 1 aromatic heterocycles. The van der Waals surface area contributed by atoms with Crippen molar-refractivity contribution in [3.05, 3.63) is 19.4 Å². The fourth-order valence-corrected chi connectivity index (χ4v) is 4.78. The summed E-state index contributed by atoms with van der Waals surface area (Å²) in [5.41, 5.74) is 1.52. The molecule has 0 aromatic carbocycles. The van der Waals surface area contributed by atoms with E-state index in [1.54, 1.807) is 4.88 Å². The third-order valence-electron chi connectivity index (χ3n) is 3.56. The Kier molecular flexibility index (Phi) is 4.56. The van der Waals surface area contributed by atoms with Gasteiger partial charge in [0.15, 0.2) is 0 Å². The fraction of sp³-hybridized carbons (Fsp3) is 0.692. The summed E-state index contributed by atoms with van der Waals surface area (Å²) in [6.07, 6.45) is 4.02. The number of hydrogen-bond acceptors (Lipinski definition) is 4. The molecule has 2 unspecified atom stereocenters. The fourth-order valence-electron chi connectivity index (χ4n) is 2.66. The minimum atomic E-state index is 0.224. The molecule has 100 valence electrons. The van der Waals surface area contributed by atoms with E-state index in [9.17, 15) is 0 Å². The van der Waals surface area contributed by atoms with Crippen molar-refractivity contribution in [3.8, 4) is 0 Å². The Morgan fingerprint density at radius 2 is 2.39 bits per heavy atom. The monoisotopic (exact) mass is 379 g/mol. The van der Waals surface area contributed by atoms with Gasteiger partial charge in [0.05, 0.1) is 28.8 Å². The van der Waals surface area contributed by atoms with Crippen molar-refractivity contribution in [2.75, 3.05) is 26.4 Å². The molecule has 2 atom stereocenters. The van der Waals surface area contributed by atoms with Gasteiger partial charge in [-0.25, -0.2) is 0 Å². The van der Waals surface area contributed by atoms with Crippen LogP contribution in [-0.2, 0) is 15.9 Å². The molecule has 0 bridgehead atoms. The summed E-state index contributed by atoms with van der Waals surface area (Å²) in [5, 5.41) is 3.66. The molecule has 0 saturated carbocycles. The summed E-state index contributed by atoms with van der Waals surface area (Å²) in [4.78, 5) is 1.57. The van der Waals surface area contributed by atoms with Crippen LogP contribution >= 0.6 is 33.9 Å². The van der Waals surface area contributed by atoms with E-state index in [4.69, 9.17) is 9.47 Å². The highest BCUT2D eigenvalue weighted by Gasteiger charge is 2.23. The Hall–Kier alpha value is 0.310. The van der Waals surface area contributed by atoms with E-state index in [1.165, 1.54) is 27.7 Å². The van der Waals surface area contributed by atoms with Crippen LogP contribution in [0.25, 0.3) is 0 Å². The molecule has 1 N–H and O–H groups in total. The zero-order chi connectivity index (χ0) is 12.4. The maximum atomic E-state index is 5.68. The lowest BCUT2D eigenvalue weighted by atomic mass is 9.94. The molecule has 0 radical (unpaired) electrons. The van der Waals surface area contributed by atoms with Gasteiger partial charge in [0.1, 0.15) is 0 Å². The minimum Gasteiger partial charge on any atom is -0.376 e. The second-order valence-electron chi connectivity index (χ2n) is 4.85. The van der Waals surface area contributed by atoms with Gasteiger partial charge in [-0.15, -0.1) is 11.3 Å². The van der Waals surface area contributed by atoms with E-state index in [-0.39, 0.29) is 6.10 Å². The molecular formula is C13H18INO2S. The van der Waals surface area contributed by atoms with Crippen LogP contribution in [0.15, 0.2) is 6.07 Å². The molecule has 3 rings (SSSR count). The Morgan fingerprint density at radius 3 is 3.22 bits per heavy atom. The first-order valence-electron chi connectivity index (χ1n) is 6.54. The van der Waals surface area contributed by atoms with Gasteiger partial charge in [-0.2, -0.15) is 0 Å². The average molecular weight is 379 g/mol. The van der Waals surface area contributed by atoms with Gasteiger partial charge >= 0.3 is 0 Å². The maximum Gasteiger partial charge on any atom is 0.0933 e. The van der Waals surface area contributed by atoms with Crippen molar-refractivity contribution in [1.82, 2.24) is 5.32 Å². The normalized spacial score (nSPS) is 28.1. The summed E-state index contributed by atoms with van der Waals surface area (Å²) in [5.74, 6) is 0. The van der Waals surface area contributed by atoms with Crippen molar-refractivity contribution in [2.45, 2.75) is 31.4 Å². The zero-order valence-corrected chi connectivity index (χ0v) is 13.3. The van der Waals surface area contributed by atoms with Crippen molar-refractivity contribution >= 4 is 33.9 Å². The van der Waals surface area contributed by atoms with Gasteiger partial charge in [0.25, 0.3) is 0 Å². The second kappa shape index (κ2) is 6.17. The summed E-state index contributed by atoms with van der Waals surface area (Å²) in [7, 11) is 0. The number of ether oxygens (including phenoxy) is 2. The van der Waals surface area contributed by atoms with Gasteiger partial charge in [-0.05, 0) is 53.5 Å². The highest BCUT2D eigenvalue weighted by atomic mass is 127. The standard InChI is InChI=1S/C13H18INO2S/c14-13-6-10-11(2-1-3-12(10)18-13)15-7-9-8-16-4-5-17-9/h6,9,11,15H,1-5,7-8H2. The lowest BCUT2D eigenvalue weighted by Crippen LogP contribution is -2.39. The number of fused-ring (bicyclic) bond motifs is 1.